The van der Waals surface area contributed by atoms with Crippen molar-refractivity contribution in [1.82, 2.24) is 14.8 Å². The number of pyridine rings is 1. The van der Waals surface area contributed by atoms with E-state index in [-0.39, 0.29) is 19.4 Å². The van der Waals surface area contributed by atoms with E-state index in [1.807, 2.05) is 0 Å². The predicted octanol–water partition coefficient (Wildman–Crippen LogP) is 3.82. The lowest BCUT2D eigenvalue weighted by molar-refractivity contribution is 0.235. The largest absolute Gasteiger partial charge is 0.267 e. The van der Waals surface area contributed by atoms with Gasteiger partial charge in [-0.3, -0.25) is 9.67 Å². The van der Waals surface area contributed by atoms with Gasteiger partial charge in [0.15, 0.2) is 0 Å². The monoisotopic (exact) mass is 329 g/mol. The van der Waals surface area contributed by atoms with Crippen LogP contribution in [0.2, 0.25) is 0 Å². The van der Waals surface area contributed by atoms with Crippen LogP contribution in [-0.2, 0) is 13.0 Å². The van der Waals surface area contributed by atoms with Crippen molar-refractivity contribution in [2.45, 2.75) is 33.1 Å². The molecule has 3 heterocycles. The van der Waals surface area contributed by atoms with Gasteiger partial charge >= 0.3 is 0 Å². The van der Waals surface area contributed by atoms with Crippen molar-refractivity contribution in [3.8, 4) is 11.4 Å². The Labute approximate surface area is 128 Å². The summed E-state index contributed by atoms with van der Waals surface area (Å²) in [5.74, 6) is -0.479. The van der Waals surface area contributed by atoms with Crippen LogP contribution >= 0.6 is 15.9 Å². The third kappa shape index (κ3) is 2.31. The number of fused-ring (bicyclic) bond motifs is 1. The fraction of sp³-hybridized carbons (Fsp3) is 0.429. The second-order valence-corrected chi connectivity index (χ2v) is 5.50. The molecule has 0 aromatic carbocycles. The van der Waals surface area contributed by atoms with Crippen LogP contribution in [0.25, 0.3) is 11.4 Å². The number of halogens is 2. The first-order valence-corrected chi connectivity index (χ1v) is 6.63. The Hall–Kier alpha value is -1.23. The fourth-order valence-electron chi connectivity index (χ4n) is 2.19. The van der Waals surface area contributed by atoms with Gasteiger partial charge in [-0.1, -0.05) is 13.7 Å². The minimum Gasteiger partial charge on any atom is -0.267 e. The summed E-state index contributed by atoms with van der Waals surface area (Å²) in [6.07, 6.45) is 1.32. The van der Waals surface area contributed by atoms with Gasteiger partial charge in [-0.2, -0.15) is 5.10 Å². The Balaban J connectivity index is 2.08. The molecule has 1 aliphatic heterocycles. The van der Waals surface area contributed by atoms with Gasteiger partial charge in [0.1, 0.15) is 11.5 Å². The van der Waals surface area contributed by atoms with E-state index in [0.29, 0.717) is 21.6 Å². The molecule has 0 fully saturated rings. The summed E-state index contributed by atoms with van der Waals surface area (Å²) < 4.78 is 61.8. The zero-order chi connectivity index (χ0) is 18.6. The van der Waals surface area contributed by atoms with Crippen molar-refractivity contribution in [1.29, 1.82) is 0 Å². The van der Waals surface area contributed by atoms with Crippen molar-refractivity contribution in [2.75, 3.05) is 0 Å². The average Bonchev–Trinajstić information content (AvgIpc) is 2.82. The summed E-state index contributed by atoms with van der Waals surface area (Å²) in [4.78, 5) is 3.98. The molecule has 100 valence electrons. The highest BCUT2D eigenvalue weighted by atomic mass is 79.9. The highest BCUT2D eigenvalue weighted by molar-refractivity contribution is 9.10. The molecule has 0 amide bonds. The molecule has 3 nitrogen and oxygen atoms in total. The summed E-state index contributed by atoms with van der Waals surface area (Å²) in [5.41, 5.74) is -0.290. The maximum Gasteiger partial charge on any atom is 0.141 e. The molecule has 1 aliphatic rings. The third-order valence-corrected chi connectivity index (χ3v) is 4.01. The Morgan fingerprint density at radius 3 is 3.00 bits per heavy atom. The Kier molecular flexibility index (Phi) is 1.74. The molecule has 19 heavy (non-hydrogen) atoms. The van der Waals surface area contributed by atoms with Crippen LogP contribution in [0.15, 0.2) is 22.8 Å². The summed E-state index contributed by atoms with van der Waals surface area (Å²) in [5, 5.41) is 4.36. The molecule has 0 radical (unpaired) electrons. The number of nitrogens with zero attached hydrogens (tertiary/aromatic N) is 3. The Bertz CT molecular complexity index is 783. The summed E-state index contributed by atoms with van der Waals surface area (Å²) in [6, 6.07) is 2.72. The zero-order valence-corrected chi connectivity index (χ0v) is 11.5. The molecular formula is C14H15BrFN3. The standard InChI is InChI=1S/C14H15BrFN3/c1-14(2)6-5-11-12(15)13(18-19(11)8-14)10-4-3-9(16)7-17-10/h3-4,7H,5-6,8H2,1-2H3/i1D3,2D3. The van der Waals surface area contributed by atoms with Crippen molar-refractivity contribution in [3.05, 3.63) is 34.3 Å². The average molecular weight is 330 g/mol. The SMILES string of the molecule is [2H]C([2H])([2H])C1(C([2H])([2H])[2H])CCc2c(Br)c(-c3ccc(F)cn3)nn2C1. The molecule has 5 heteroatoms. The van der Waals surface area contributed by atoms with Crippen LogP contribution in [-0.4, -0.2) is 14.8 Å². The van der Waals surface area contributed by atoms with Crippen LogP contribution in [0, 0.1) is 11.2 Å². The number of hydrogen-bond donors (Lipinski definition) is 0. The van der Waals surface area contributed by atoms with E-state index in [1.165, 1.54) is 16.8 Å². The van der Waals surface area contributed by atoms with Gasteiger partial charge in [0.25, 0.3) is 0 Å². The first-order valence-electron chi connectivity index (χ1n) is 8.83. The van der Waals surface area contributed by atoms with Crippen molar-refractivity contribution in [2.24, 2.45) is 5.41 Å². The minimum absolute atomic E-state index is 0.000575. The molecule has 0 spiro atoms. The van der Waals surface area contributed by atoms with Crippen molar-refractivity contribution < 1.29 is 12.6 Å². The Morgan fingerprint density at radius 1 is 1.47 bits per heavy atom. The molecule has 2 aromatic heterocycles. The molecular weight excluding hydrogens is 309 g/mol. The molecule has 0 saturated heterocycles. The van der Waals surface area contributed by atoms with Gasteiger partial charge in [0.05, 0.1) is 22.1 Å². The molecule has 0 unspecified atom stereocenters. The quantitative estimate of drug-likeness (QED) is 0.796. The van der Waals surface area contributed by atoms with Gasteiger partial charge in [-0.15, -0.1) is 0 Å². The van der Waals surface area contributed by atoms with Gasteiger partial charge in [-0.25, -0.2) is 4.39 Å². The van der Waals surface area contributed by atoms with Gasteiger partial charge < -0.3 is 0 Å². The fourth-order valence-corrected chi connectivity index (χ4v) is 2.88. The second kappa shape index (κ2) is 4.40. The highest BCUT2D eigenvalue weighted by Crippen LogP contribution is 2.37. The van der Waals surface area contributed by atoms with Crippen LogP contribution < -0.4 is 0 Å². The normalized spacial score (nSPS) is 23.3. The van der Waals surface area contributed by atoms with Gasteiger partial charge in [0, 0.05) is 14.8 Å². The number of rotatable bonds is 1. The third-order valence-electron chi connectivity index (χ3n) is 3.17. The lowest BCUT2D eigenvalue weighted by Gasteiger charge is -2.30. The number of aromatic nitrogens is 3. The van der Waals surface area contributed by atoms with Crippen LogP contribution in [0.5, 0.6) is 0 Å². The molecule has 0 bridgehead atoms. The molecule has 0 atom stereocenters. The maximum absolute atomic E-state index is 13.1. The smallest absolute Gasteiger partial charge is 0.141 e. The zero-order valence-electron chi connectivity index (χ0n) is 16.0. The molecule has 3 rings (SSSR count). The first kappa shape index (κ1) is 7.53. The Morgan fingerprint density at radius 2 is 2.32 bits per heavy atom. The first-order chi connectivity index (χ1) is 11.5. The van der Waals surface area contributed by atoms with E-state index < -0.39 is 24.9 Å². The van der Waals surface area contributed by atoms with Crippen LogP contribution in [0.1, 0.15) is 34.0 Å². The van der Waals surface area contributed by atoms with E-state index in [4.69, 9.17) is 8.22 Å². The van der Waals surface area contributed by atoms with E-state index >= 15 is 0 Å². The van der Waals surface area contributed by atoms with E-state index in [2.05, 4.69) is 26.0 Å². The number of hydrogen-bond acceptors (Lipinski definition) is 2. The lowest BCUT2D eigenvalue weighted by Crippen LogP contribution is -2.27. The predicted molar refractivity (Wildman–Crippen MR) is 75.2 cm³/mol. The molecule has 0 saturated carbocycles. The second-order valence-electron chi connectivity index (χ2n) is 4.71. The van der Waals surface area contributed by atoms with E-state index in [1.54, 1.807) is 0 Å². The minimum atomic E-state index is -2.65. The molecule has 2 aromatic rings. The van der Waals surface area contributed by atoms with Crippen LogP contribution in [0.3, 0.4) is 0 Å². The maximum atomic E-state index is 13.1. The van der Waals surface area contributed by atoms with Crippen LogP contribution in [0.4, 0.5) is 4.39 Å². The topological polar surface area (TPSA) is 30.7 Å². The van der Waals surface area contributed by atoms with Gasteiger partial charge in [-0.05, 0) is 46.3 Å². The van der Waals surface area contributed by atoms with E-state index in [0.717, 1.165) is 6.20 Å². The summed E-state index contributed by atoms with van der Waals surface area (Å²) >= 11 is 3.43. The molecule has 0 aliphatic carbocycles. The van der Waals surface area contributed by atoms with Crippen molar-refractivity contribution >= 4 is 15.9 Å². The van der Waals surface area contributed by atoms with Crippen molar-refractivity contribution in [3.63, 3.8) is 0 Å². The van der Waals surface area contributed by atoms with Gasteiger partial charge in [0.2, 0.25) is 0 Å². The highest BCUT2D eigenvalue weighted by Gasteiger charge is 2.29. The summed E-state index contributed by atoms with van der Waals surface area (Å²) in [6.45, 7) is -5.54. The lowest BCUT2D eigenvalue weighted by atomic mass is 9.85. The summed E-state index contributed by atoms with van der Waals surface area (Å²) in [7, 11) is 0. The molecule has 0 N–H and O–H groups in total. The van der Waals surface area contributed by atoms with E-state index in [9.17, 15) is 4.39 Å².